The molecule has 0 aliphatic carbocycles. The first kappa shape index (κ1) is 25.0. The van der Waals surface area contributed by atoms with Gasteiger partial charge in [-0.1, -0.05) is 30.3 Å². The number of phenols is 1. The maximum atomic E-state index is 10.3. The van der Waals surface area contributed by atoms with Gasteiger partial charge in [-0.05, 0) is 96.5 Å². The maximum Gasteiger partial charge on any atom is 0.160 e. The van der Waals surface area contributed by atoms with Crippen molar-refractivity contribution in [1.82, 2.24) is 0 Å². The number of rotatable bonds is 11. The van der Waals surface area contributed by atoms with Gasteiger partial charge in [-0.2, -0.15) is 0 Å². The van der Waals surface area contributed by atoms with Gasteiger partial charge in [0, 0.05) is 6.07 Å². The molecule has 5 nitrogen and oxygen atoms in total. The molecule has 4 aromatic rings. The van der Waals surface area contributed by atoms with Crippen molar-refractivity contribution in [3.05, 3.63) is 107 Å². The maximum absolute atomic E-state index is 10.3. The molecule has 0 fully saturated rings. The molecule has 0 aliphatic rings. The van der Waals surface area contributed by atoms with E-state index in [1.165, 1.54) is 11.1 Å². The summed E-state index contributed by atoms with van der Waals surface area (Å²) in [6.07, 6.45) is 3.35. The van der Waals surface area contributed by atoms with Crippen molar-refractivity contribution in [2.45, 2.75) is 25.7 Å². The van der Waals surface area contributed by atoms with Crippen molar-refractivity contribution in [2.75, 3.05) is 21.3 Å². The molecule has 36 heavy (non-hydrogen) atoms. The summed E-state index contributed by atoms with van der Waals surface area (Å²) in [5.74, 6) is 3.83. The molecule has 0 saturated carbocycles. The van der Waals surface area contributed by atoms with Crippen LogP contribution in [-0.2, 0) is 25.7 Å². The van der Waals surface area contributed by atoms with Crippen molar-refractivity contribution in [3.63, 3.8) is 0 Å². The van der Waals surface area contributed by atoms with Gasteiger partial charge in [-0.3, -0.25) is 0 Å². The topological polar surface area (TPSA) is 57.2 Å². The van der Waals surface area contributed by atoms with Gasteiger partial charge in [0.2, 0.25) is 0 Å². The van der Waals surface area contributed by atoms with Crippen LogP contribution in [0.5, 0.6) is 34.5 Å². The summed E-state index contributed by atoms with van der Waals surface area (Å²) in [5, 5.41) is 10.3. The molecule has 5 heteroatoms. The fraction of sp³-hybridized carbons (Fsp3) is 0.226. The number of aromatic hydroxyl groups is 1. The molecule has 0 unspecified atom stereocenters. The zero-order chi connectivity index (χ0) is 25.3. The summed E-state index contributed by atoms with van der Waals surface area (Å²) in [6.45, 7) is 0. The Hall–Kier alpha value is -4.12. The summed E-state index contributed by atoms with van der Waals surface area (Å²) >= 11 is 0. The third kappa shape index (κ3) is 6.72. The molecule has 1 N–H and O–H groups in total. The SMILES string of the molecule is COc1cccc(CCc2cccc(Oc3cc(O)cc(CCc4ccc(OC)c(OC)c4)c3)c2)c1. The summed E-state index contributed by atoms with van der Waals surface area (Å²) in [6, 6.07) is 27.5. The number of phenolic OH excluding ortho intramolecular Hbond substituents is 1. The predicted molar refractivity (Wildman–Crippen MR) is 142 cm³/mol. The normalized spacial score (nSPS) is 10.6. The zero-order valence-corrected chi connectivity index (χ0v) is 21.0. The lowest BCUT2D eigenvalue weighted by atomic mass is 10.0. The highest BCUT2D eigenvalue weighted by Crippen LogP contribution is 2.30. The Balaban J connectivity index is 1.40. The second-order valence-corrected chi connectivity index (χ2v) is 8.63. The first-order valence-corrected chi connectivity index (χ1v) is 12.0. The smallest absolute Gasteiger partial charge is 0.160 e. The van der Waals surface area contributed by atoms with Gasteiger partial charge in [-0.15, -0.1) is 0 Å². The first-order valence-electron chi connectivity index (χ1n) is 12.0. The Morgan fingerprint density at radius 1 is 0.500 bits per heavy atom. The minimum absolute atomic E-state index is 0.184. The number of methoxy groups -OCH3 is 3. The van der Waals surface area contributed by atoms with E-state index in [4.69, 9.17) is 18.9 Å². The number of aryl methyl sites for hydroxylation is 4. The standard InChI is InChI=1S/C31H32O5/c1-33-27-8-4-6-22(17-27)10-11-23-7-5-9-28(18-23)36-29-19-25(16-26(32)21-29)13-12-24-14-15-30(34-2)31(20-24)35-3/h4-9,14-21,32H,10-13H2,1-3H3. The largest absolute Gasteiger partial charge is 0.508 e. The summed E-state index contributed by atoms with van der Waals surface area (Å²) < 4.78 is 22.2. The fourth-order valence-corrected chi connectivity index (χ4v) is 4.19. The fourth-order valence-electron chi connectivity index (χ4n) is 4.19. The molecule has 0 atom stereocenters. The second-order valence-electron chi connectivity index (χ2n) is 8.63. The lowest BCUT2D eigenvalue weighted by Gasteiger charge is -2.12. The zero-order valence-electron chi connectivity index (χ0n) is 21.0. The molecular formula is C31H32O5. The van der Waals surface area contributed by atoms with Crippen LogP contribution in [-0.4, -0.2) is 26.4 Å². The molecular weight excluding hydrogens is 452 g/mol. The van der Waals surface area contributed by atoms with Gasteiger partial charge >= 0.3 is 0 Å². The van der Waals surface area contributed by atoms with E-state index >= 15 is 0 Å². The second kappa shape index (κ2) is 12.0. The average Bonchev–Trinajstić information content (AvgIpc) is 2.90. The Labute approximate surface area is 212 Å². The molecule has 0 spiro atoms. The molecule has 4 rings (SSSR count). The number of benzene rings is 4. The molecule has 0 radical (unpaired) electrons. The Kier molecular flexibility index (Phi) is 8.35. The average molecular weight is 485 g/mol. The molecule has 0 amide bonds. The lowest BCUT2D eigenvalue weighted by Crippen LogP contribution is -1.96. The molecule has 0 bridgehead atoms. The minimum Gasteiger partial charge on any atom is -0.508 e. The number of hydrogen-bond donors (Lipinski definition) is 1. The summed E-state index contributed by atoms with van der Waals surface area (Å²) in [4.78, 5) is 0. The summed E-state index contributed by atoms with van der Waals surface area (Å²) in [5.41, 5.74) is 4.54. The van der Waals surface area contributed by atoms with Gasteiger partial charge in [0.1, 0.15) is 23.0 Å². The van der Waals surface area contributed by atoms with E-state index in [2.05, 4.69) is 18.2 Å². The highest BCUT2D eigenvalue weighted by atomic mass is 16.5. The molecule has 0 heterocycles. The molecule has 0 aliphatic heterocycles. The molecule has 186 valence electrons. The number of hydrogen-bond acceptors (Lipinski definition) is 5. The van der Waals surface area contributed by atoms with Gasteiger partial charge in [0.25, 0.3) is 0 Å². The van der Waals surface area contributed by atoms with Gasteiger partial charge < -0.3 is 24.1 Å². The van der Waals surface area contributed by atoms with E-state index in [-0.39, 0.29) is 5.75 Å². The quantitative estimate of drug-likeness (QED) is 0.254. The highest BCUT2D eigenvalue weighted by Gasteiger charge is 2.08. The van der Waals surface area contributed by atoms with Crippen molar-refractivity contribution in [1.29, 1.82) is 0 Å². The monoisotopic (exact) mass is 484 g/mol. The van der Waals surface area contributed by atoms with E-state index in [0.29, 0.717) is 17.2 Å². The van der Waals surface area contributed by atoms with Crippen LogP contribution in [0.1, 0.15) is 22.3 Å². The van der Waals surface area contributed by atoms with Crippen LogP contribution in [0.25, 0.3) is 0 Å². The van der Waals surface area contributed by atoms with Crippen LogP contribution in [0, 0.1) is 0 Å². The van der Waals surface area contributed by atoms with Crippen molar-refractivity contribution < 1.29 is 24.1 Å². The van der Waals surface area contributed by atoms with Crippen LogP contribution < -0.4 is 18.9 Å². The van der Waals surface area contributed by atoms with Crippen LogP contribution in [0.15, 0.2) is 84.9 Å². The first-order chi connectivity index (χ1) is 17.6. The van der Waals surface area contributed by atoms with Crippen LogP contribution in [0.3, 0.4) is 0 Å². The Morgan fingerprint density at radius 2 is 1.08 bits per heavy atom. The van der Waals surface area contributed by atoms with E-state index in [1.807, 2.05) is 54.6 Å². The predicted octanol–water partition coefficient (Wildman–Crippen LogP) is 6.78. The van der Waals surface area contributed by atoms with Gasteiger partial charge in [-0.25, -0.2) is 0 Å². The molecule has 4 aromatic carbocycles. The van der Waals surface area contributed by atoms with Crippen molar-refractivity contribution in [3.8, 4) is 34.5 Å². The molecule has 0 aromatic heterocycles. The Morgan fingerprint density at radius 3 is 1.75 bits per heavy atom. The Bertz CT molecular complexity index is 1300. The third-order valence-electron chi connectivity index (χ3n) is 6.07. The van der Waals surface area contributed by atoms with E-state index < -0.39 is 0 Å². The van der Waals surface area contributed by atoms with Crippen molar-refractivity contribution >= 4 is 0 Å². The minimum atomic E-state index is 0.184. The highest BCUT2D eigenvalue weighted by molar-refractivity contribution is 5.44. The van der Waals surface area contributed by atoms with Crippen molar-refractivity contribution in [2.24, 2.45) is 0 Å². The van der Waals surface area contributed by atoms with E-state index in [1.54, 1.807) is 33.5 Å². The molecule has 0 saturated heterocycles. The van der Waals surface area contributed by atoms with Gasteiger partial charge in [0.05, 0.1) is 21.3 Å². The summed E-state index contributed by atoms with van der Waals surface area (Å²) in [7, 11) is 4.94. The lowest BCUT2D eigenvalue weighted by molar-refractivity contribution is 0.354. The number of ether oxygens (including phenoxy) is 4. The van der Waals surface area contributed by atoms with E-state index in [0.717, 1.165) is 48.3 Å². The van der Waals surface area contributed by atoms with Crippen LogP contribution >= 0.6 is 0 Å². The van der Waals surface area contributed by atoms with Crippen LogP contribution in [0.2, 0.25) is 0 Å². The van der Waals surface area contributed by atoms with Gasteiger partial charge in [0.15, 0.2) is 11.5 Å². The van der Waals surface area contributed by atoms with Crippen LogP contribution in [0.4, 0.5) is 0 Å². The van der Waals surface area contributed by atoms with E-state index in [9.17, 15) is 5.11 Å². The third-order valence-corrected chi connectivity index (χ3v) is 6.07.